The van der Waals surface area contributed by atoms with Crippen molar-refractivity contribution in [3.05, 3.63) is 29.8 Å². The van der Waals surface area contributed by atoms with Gasteiger partial charge in [0.25, 0.3) is 5.92 Å². The SMILES string of the molecule is CS(=O)(=O)c1ccc(CCC(=O)N2CCC3(CC2)CC3(F)F)cc1. The molecule has 2 fully saturated rings. The summed E-state index contributed by atoms with van der Waals surface area (Å²) in [4.78, 5) is 14.2. The number of carbonyl (C=O) groups is 1. The van der Waals surface area contributed by atoms with Gasteiger partial charge < -0.3 is 4.90 Å². The summed E-state index contributed by atoms with van der Waals surface area (Å²) < 4.78 is 49.5. The topological polar surface area (TPSA) is 54.5 Å². The number of likely N-dealkylation sites (tertiary alicyclic amines) is 1. The van der Waals surface area contributed by atoms with Crippen LogP contribution in [-0.4, -0.2) is 44.5 Å². The van der Waals surface area contributed by atoms with E-state index in [-0.39, 0.29) is 17.2 Å². The summed E-state index contributed by atoms with van der Waals surface area (Å²) in [6, 6.07) is 6.49. The first-order valence-corrected chi connectivity index (χ1v) is 9.97. The molecular formula is C17H21F2NO3S. The summed E-state index contributed by atoms with van der Waals surface area (Å²) in [7, 11) is -3.22. The molecule has 1 aromatic rings. The molecule has 2 aliphatic rings. The smallest absolute Gasteiger partial charge is 0.254 e. The molecule has 1 aliphatic carbocycles. The molecule has 24 heavy (non-hydrogen) atoms. The first-order chi connectivity index (χ1) is 11.1. The first kappa shape index (κ1) is 17.3. The second-order valence-electron chi connectivity index (χ2n) is 6.96. The number of hydrogen-bond donors (Lipinski definition) is 0. The van der Waals surface area contributed by atoms with E-state index in [1.165, 1.54) is 12.1 Å². The van der Waals surface area contributed by atoms with Gasteiger partial charge in [0.1, 0.15) is 0 Å². The number of carbonyl (C=O) groups excluding carboxylic acids is 1. The fourth-order valence-electron chi connectivity index (χ4n) is 3.42. The molecule has 0 N–H and O–H groups in total. The number of halogens is 2. The van der Waals surface area contributed by atoms with Crippen LogP contribution in [0.3, 0.4) is 0 Å². The predicted molar refractivity (Wildman–Crippen MR) is 85.7 cm³/mol. The number of aryl methyl sites for hydroxylation is 1. The van der Waals surface area contributed by atoms with Crippen LogP contribution in [0, 0.1) is 5.41 Å². The lowest BCUT2D eigenvalue weighted by atomic mass is 9.92. The third-order valence-electron chi connectivity index (χ3n) is 5.26. The lowest BCUT2D eigenvalue weighted by molar-refractivity contribution is -0.133. The molecule has 3 rings (SSSR count). The van der Waals surface area contributed by atoms with Crippen molar-refractivity contribution in [2.45, 2.75) is 42.9 Å². The Morgan fingerprint density at radius 2 is 1.71 bits per heavy atom. The third-order valence-corrected chi connectivity index (χ3v) is 6.39. The van der Waals surface area contributed by atoms with E-state index in [9.17, 15) is 22.0 Å². The Morgan fingerprint density at radius 3 is 2.17 bits per heavy atom. The molecular weight excluding hydrogens is 336 g/mol. The maximum Gasteiger partial charge on any atom is 0.254 e. The second kappa shape index (κ2) is 5.79. The van der Waals surface area contributed by atoms with Gasteiger partial charge in [-0.1, -0.05) is 12.1 Å². The summed E-state index contributed by atoms with van der Waals surface area (Å²) in [6.07, 6.45) is 2.71. The van der Waals surface area contributed by atoms with Crippen LogP contribution in [-0.2, 0) is 21.1 Å². The Kier molecular flexibility index (Phi) is 4.18. The summed E-state index contributed by atoms with van der Waals surface area (Å²) in [6.45, 7) is 0.808. The maximum atomic E-state index is 13.3. The maximum absolute atomic E-state index is 13.3. The van der Waals surface area contributed by atoms with Crippen molar-refractivity contribution in [2.75, 3.05) is 19.3 Å². The average Bonchev–Trinajstić information content (AvgIpc) is 3.05. The molecule has 1 saturated carbocycles. The van der Waals surface area contributed by atoms with E-state index in [4.69, 9.17) is 0 Å². The standard InChI is InChI=1S/C17H21F2NO3S/c1-24(22,23)14-5-2-13(3-6-14)4-7-15(21)20-10-8-16(9-11-20)12-17(16,18)19/h2-3,5-6H,4,7-12H2,1H3. The fourth-order valence-corrected chi connectivity index (χ4v) is 4.05. The molecule has 1 aromatic carbocycles. The average molecular weight is 357 g/mol. The van der Waals surface area contributed by atoms with Gasteiger partial charge in [-0.3, -0.25) is 4.79 Å². The Labute approximate surface area is 140 Å². The van der Waals surface area contributed by atoms with Crippen molar-refractivity contribution in [1.29, 1.82) is 0 Å². The molecule has 1 saturated heterocycles. The lowest BCUT2D eigenvalue weighted by Gasteiger charge is -2.32. The van der Waals surface area contributed by atoms with Crippen LogP contribution >= 0.6 is 0 Å². The zero-order valence-electron chi connectivity index (χ0n) is 13.6. The largest absolute Gasteiger partial charge is 0.343 e. The van der Waals surface area contributed by atoms with Crippen molar-refractivity contribution in [2.24, 2.45) is 5.41 Å². The van der Waals surface area contributed by atoms with Crippen LogP contribution in [0.1, 0.15) is 31.2 Å². The number of benzene rings is 1. The summed E-state index contributed by atoms with van der Waals surface area (Å²) >= 11 is 0. The summed E-state index contributed by atoms with van der Waals surface area (Å²) in [5.74, 6) is -2.57. The molecule has 0 atom stereocenters. The molecule has 132 valence electrons. The van der Waals surface area contributed by atoms with Gasteiger partial charge in [-0.2, -0.15) is 0 Å². The monoisotopic (exact) mass is 357 g/mol. The van der Waals surface area contributed by atoms with E-state index in [1.807, 2.05) is 0 Å². The van der Waals surface area contributed by atoms with Crippen LogP contribution in [0.2, 0.25) is 0 Å². The number of sulfone groups is 1. The molecule has 1 amide bonds. The molecule has 7 heteroatoms. The van der Waals surface area contributed by atoms with E-state index in [0.29, 0.717) is 38.8 Å². The molecule has 1 heterocycles. The third kappa shape index (κ3) is 3.31. The van der Waals surface area contributed by atoms with Gasteiger partial charge in [-0.15, -0.1) is 0 Å². The Bertz CT molecular complexity index is 736. The number of nitrogens with zero attached hydrogens (tertiary/aromatic N) is 1. The molecule has 0 radical (unpaired) electrons. The minimum Gasteiger partial charge on any atom is -0.343 e. The minimum absolute atomic E-state index is 0.0268. The van der Waals surface area contributed by atoms with Crippen molar-refractivity contribution in [3.63, 3.8) is 0 Å². The number of piperidine rings is 1. The predicted octanol–water partition coefficient (Wildman–Crippen LogP) is 2.67. The molecule has 0 bridgehead atoms. The zero-order chi connectivity index (χ0) is 17.6. The number of alkyl halides is 2. The van der Waals surface area contributed by atoms with Crippen molar-refractivity contribution < 1.29 is 22.0 Å². The normalized spacial score (nSPS) is 21.7. The van der Waals surface area contributed by atoms with E-state index >= 15 is 0 Å². The van der Waals surface area contributed by atoms with E-state index in [1.54, 1.807) is 17.0 Å². The highest BCUT2D eigenvalue weighted by molar-refractivity contribution is 7.90. The van der Waals surface area contributed by atoms with Crippen molar-refractivity contribution >= 4 is 15.7 Å². The molecule has 0 unspecified atom stereocenters. The highest BCUT2D eigenvalue weighted by Crippen LogP contribution is 2.65. The van der Waals surface area contributed by atoms with Crippen LogP contribution < -0.4 is 0 Å². The Morgan fingerprint density at radius 1 is 1.17 bits per heavy atom. The van der Waals surface area contributed by atoms with Gasteiger partial charge in [-0.25, -0.2) is 17.2 Å². The van der Waals surface area contributed by atoms with Crippen molar-refractivity contribution in [3.8, 4) is 0 Å². The van der Waals surface area contributed by atoms with Gasteiger partial charge in [0.15, 0.2) is 9.84 Å². The minimum atomic E-state index is -3.22. The van der Waals surface area contributed by atoms with Crippen molar-refractivity contribution in [1.82, 2.24) is 4.90 Å². The van der Waals surface area contributed by atoms with Crippen LogP contribution in [0.4, 0.5) is 8.78 Å². The highest BCUT2D eigenvalue weighted by Gasteiger charge is 2.70. The number of rotatable bonds is 4. The second-order valence-corrected chi connectivity index (χ2v) is 8.97. The Balaban J connectivity index is 1.50. The van der Waals surface area contributed by atoms with E-state index in [0.717, 1.165) is 11.8 Å². The molecule has 1 aliphatic heterocycles. The zero-order valence-corrected chi connectivity index (χ0v) is 14.4. The molecule has 0 aromatic heterocycles. The van der Waals surface area contributed by atoms with Gasteiger partial charge in [0, 0.05) is 37.6 Å². The highest BCUT2D eigenvalue weighted by atomic mass is 32.2. The van der Waals surface area contributed by atoms with Gasteiger partial charge >= 0.3 is 0 Å². The van der Waals surface area contributed by atoms with E-state index in [2.05, 4.69) is 0 Å². The van der Waals surface area contributed by atoms with Crippen LogP contribution in [0.25, 0.3) is 0 Å². The summed E-state index contributed by atoms with van der Waals surface area (Å²) in [5.41, 5.74) is 0.0450. The van der Waals surface area contributed by atoms with Gasteiger partial charge in [0.2, 0.25) is 5.91 Å². The molecule has 4 nitrogen and oxygen atoms in total. The van der Waals surface area contributed by atoms with E-state index < -0.39 is 21.2 Å². The van der Waals surface area contributed by atoms with Gasteiger partial charge in [-0.05, 0) is 37.0 Å². The van der Waals surface area contributed by atoms with Crippen LogP contribution in [0.5, 0.6) is 0 Å². The summed E-state index contributed by atoms with van der Waals surface area (Å²) in [5, 5.41) is 0. The first-order valence-electron chi connectivity index (χ1n) is 8.08. The number of amides is 1. The lowest BCUT2D eigenvalue weighted by Crippen LogP contribution is -2.40. The van der Waals surface area contributed by atoms with Crippen LogP contribution in [0.15, 0.2) is 29.2 Å². The quantitative estimate of drug-likeness (QED) is 0.832. The molecule has 1 spiro atoms. The Hall–Kier alpha value is -1.50. The fraction of sp³-hybridized carbons (Fsp3) is 0.588. The van der Waals surface area contributed by atoms with Gasteiger partial charge in [0.05, 0.1) is 4.90 Å². The number of hydrogen-bond acceptors (Lipinski definition) is 3.